The van der Waals surface area contributed by atoms with E-state index in [9.17, 15) is 13.2 Å². The fourth-order valence-corrected chi connectivity index (χ4v) is 3.77. The van der Waals surface area contributed by atoms with Crippen molar-refractivity contribution in [3.63, 3.8) is 0 Å². The molecule has 1 aromatic carbocycles. The minimum atomic E-state index is -4.37. The lowest BCUT2D eigenvalue weighted by molar-refractivity contribution is -0.137. The Morgan fingerprint density at radius 2 is 2.05 bits per heavy atom. The molecule has 3 rings (SSSR count). The zero-order valence-corrected chi connectivity index (χ0v) is 12.6. The summed E-state index contributed by atoms with van der Waals surface area (Å²) in [6.07, 6.45) is -3.25. The smallest absolute Gasteiger partial charge is 0.380 e. The zero-order chi connectivity index (χ0) is 15.4. The molecule has 1 aliphatic carbocycles. The Morgan fingerprint density at radius 1 is 1.33 bits per heavy atom. The largest absolute Gasteiger partial charge is 0.416 e. The summed E-state index contributed by atoms with van der Waals surface area (Å²) >= 11 is 6.05. The molecule has 1 aromatic rings. The topological polar surface area (TPSA) is 21.3 Å². The van der Waals surface area contributed by atoms with E-state index in [1.54, 1.807) is 0 Å². The Balaban J connectivity index is 1.85. The van der Waals surface area contributed by atoms with Crippen LogP contribution in [0.15, 0.2) is 18.2 Å². The molecule has 21 heavy (non-hydrogen) atoms. The number of benzene rings is 1. The molecule has 2 nitrogen and oxygen atoms in total. The molecule has 0 radical (unpaired) electrons. The van der Waals surface area contributed by atoms with Crippen LogP contribution in [0.1, 0.15) is 25.8 Å². The van der Waals surface area contributed by atoms with E-state index < -0.39 is 11.7 Å². The highest BCUT2D eigenvalue weighted by atomic mass is 35.5. The lowest BCUT2D eigenvalue weighted by Crippen LogP contribution is -2.63. The summed E-state index contributed by atoms with van der Waals surface area (Å²) in [6, 6.07) is 3.45. The second-order valence-electron chi connectivity index (χ2n) is 6.38. The predicted octanol–water partition coefficient (Wildman–Crippen LogP) is 4.58. The van der Waals surface area contributed by atoms with Gasteiger partial charge in [-0.1, -0.05) is 25.4 Å². The first-order valence-electron chi connectivity index (χ1n) is 6.96. The summed E-state index contributed by atoms with van der Waals surface area (Å²) in [5.74, 6) is 0.339. The van der Waals surface area contributed by atoms with Gasteiger partial charge >= 0.3 is 6.18 Å². The van der Waals surface area contributed by atoms with Crippen molar-refractivity contribution in [1.29, 1.82) is 0 Å². The van der Waals surface area contributed by atoms with Gasteiger partial charge in [-0.05, 0) is 24.6 Å². The molecule has 0 amide bonds. The second kappa shape index (κ2) is 4.78. The summed E-state index contributed by atoms with van der Waals surface area (Å²) in [7, 11) is 0. The third kappa shape index (κ3) is 2.40. The fourth-order valence-electron chi connectivity index (χ4n) is 3.60. The van der Waals surface area contributed by atoms with E-state index in [1.165, 1.54) is 6.07 Å². The Labute approximate surface area is 126 Å². The maximum atomic E-state index is 12.8. The number of anilines is 1. The standard InChI is InChI=1S/C15H17ClF3NO/c1-14(2)12(9-5-6-21-13(9)14)20-11-7-8(15(17,18)19)3-4-10(11)16/h3-4,7,9,12-13,20H,5-6H2,1-2H3. The summed E-state index contributed by atoms with van der Waals surface area (Å²) < 4.78 is 44.1. The molecule has 0 aromatic heterocycles. The molecule has 0 bridgehead atoms. The molecular weight excluding hydrogens is 303 g/mol. The minimum Gasteiger partial charge on any atom is -0.380 e. The zero-order valence-electron chi connectivity index (χ0n) is 11.8. The molecule has 116 valence electrons. The van der Waals surface area contributed by atoms with Crippen molar-refractivity contribution in [2.24, 2.45) is 11.3 Å². The van der Waals surface area contributed by atoms with Gasteiger partial charge in [-0.25, -0.2) is 0 Å². The van der Waals surface area contributed by atoms with E-state index >= 15 is 0 Å². The van der Waals surface area contributed by atoms with Gasteiger partial charge in [0.15, 0.2) is 0 Å². The predicted molar refractivity (Wildman–Crippen MR) is 75.5 cm³/mol. The van der Waals surface area contributed by atoms with Gasteiger partial charge in [0.05, 0.1) is 22.4 Å². The first-order valence-corrected chi connectivity index (χ1v) is 7.34. The molecule has 2 aliphatic rings. The van der Waals surface area contributed by atoms with Crippen molar-refractivity contribution in [2.45, 2.75) is 38.6 Å². The SMILES string of the molecule is CC1(C)C(Nc2cc(C(F)(F)F)ccc2Cl)C2CCOC21. The second-order valence-corrected chi connectivity index (χ2v) is 6.79. The van der Waals surface area contributed by atoms with Crippen LogP contribution in [0.3, 0.4) is 0 Å². The van der Waals surface area contributed by atoms with Crippen molar-refractivity contribution in [2.75, 3.05) is 11.9 Å². The van der Waals surface area contributed by atoms with Crippen molar-refractivity contribution < 1.29 is 17.9 Å². The summed E-state index contributed by atoms with van der Waals surface area (Å²) in [6.45, 7) is 4.85. The van der Waals surface area contributed by atoms with E-state index in [0.29, 0.717) is 23.2 Å². The fraction of sp³-hybridized carbons (Fsp3) is 0.600. The summed E-state index contributed by atoms with van der Waals surface area (Å²) in [4.78, 5) is 0. The monoisotopic (exact) mass is 319 g/mol. The van der Waals surface area contributed by atoms with Gasteiger partial charge < -0.3 is 10.1 Å². The van der Waals surface area contributed by atoms with Crippen molar-refractivity contribution in [3.05, 3.63) is 28.8 Å². The molecule has 3 atom stereocenters. The minimum absolute atomic E-state index is 0.0750. The maximum absolute atomic E-state index is 12.8. The van der Waals surface area contributed by atoms with Crippen LogP contribution in [0.4, 0.5) is 18.9 Å². The number of alkyl halides is 3. The van der Waals surface area contributed by atoms with E-state index in [2.05, 4.69) is 19.2 Å². The molecule has 3 unspecified atom stereocenters. The van der Waals surface area contributed by atoms with Crippen molar-refractivity contribution >= 4 is 17.3 Å². The number of hydrogen-bond donors (Lipinski definition) is 1. The molecule has 2 fully saturated rings. The molecule has 1 saturated heterocycles. The lowest BCUT2D eigenvalue weighted by atomic mass is 9.57. The van der Waals surface area contributed by atoms with Crippen LogP contribution in [0.25, 0.3) is 0 Å². The first-order chi connectivity index (χ1) is 9.71. The van der Waals surface area contributed by atoms with Gasteiger partial charge in [-0.15, -0.1) is 0 Å². The lowest BCUT2D eigenvalue weighted by Gasteiger charge is -2.55. The molecule has 1 saturated carbocycles. The number of hydrogen-bond acceptors (Lipinski definition) is 2. The van der Waals surface area contributed by atoms with Crippen LogP contribution in [0.5, 0.6) is 0 Å². The van der Waals surface area contributed by atoms with Crippen LogP contribution < -0.4 is 5.32 Å². The van der Waals surface area contributed by atoms with Gasteiger partial charge in [-0.2, -0.15) is 13.2 Å². The van der Waals surface area contributed by atoms with Gasteiger partial charge in [-0.3, -0.25) is 0 Å². The average molecular weight is 320 g/mol. The summed E-state index contributed by atoms with van der Waals surface area (Å²) in [5.41, 5.74) is -0.459. The Bertz CT molecular complexity index is 558. The third-order valence-electron chi connectivity index (χ3n) is 4.71. The molecule has 6 heteroatoms. The van der Waals surface area contributed by atoms with E-state index in [0.717, 1.165) is 18.6 Å². The van der Waals surface area contributed by atoms with Gasteiger partial charge in [0.2, 0.25) is 0 Å². The average Bonchev–Trinajstić information content (AvgIpc) is 2.83. The number of rotatable bonds is 2. The third-order valence-corrected chi connectivity index (χ3v) is 5.03. The van der Waals surface area contributed by atoms with Gasteiger partial charge in [0, 0.05) is 24.0 Å². The quantitative estimate of drug-likeness (QED) is 0.861. The number of nitrogens with one attached hydrogen (secondary N) is 1. The van der Waals surface area contributed by atoms with E-state index in [4.69, 9.17) is 16.3 Å². The molecule has 1 heterocycles. The molecule has 1 aliphatic heterocycles. The van der Waals surface area contributed by atoms with Crippen LogP contribution in [-0.2, 0) is 10.9 Å². The number of ether oxygens (including phenoxy) is 1. The van der Waals surface area contributed by atoms with Crippen molar-refractivity contribution in [3.8, 4) is 0 Å². The first kappa shape index (κ1) is 15.0. The molecule has 0 spiro atoms. The number of fused-ring (bicyclic) bond motifs is 1. The normalized spacial score (nSPS) is 30.7. The van der Waals surface area contributed by atoms with Gasteiger partial charge in [0.25, 0.3) is 0 Å². The highest BCUT2D eigenvalue weighted by Gasteiger charge is 2.59. The van der Waals surface area contributed by atoms with Crippen LogP contribution >= 0.6 is 11.6 Å². The van der Waals surface area contributed by atoms with E-state index in [1.807, 2.05) is 0 Å². The molecular formula is C15H17ClF3NO. The van der Waals surface area contributed by atoms with Crippen molar-refractivity contribution in [1.82, 2.24) is 0 Å². The Kier molecular flexibility index (Phi) is 3.41. The van der Waals surface area contributed by atoms with Gasteiger partial charge in [0.1, 0.15) is 0 Å². The number of halogens is 4. The summed E-state index contributed by atoms with van der Waals surface area (Å²) in [5, 5.41) is 3.52. The highest BCUT2D eigenvalue weighted by molar-refractivity contribution is 6.33. The van der Waals surface area contributed by atoms with E-state index in [-0.39, 0.29) is 17.6 Å². The highest BCUT2D eigenvalue weighted by Crippen LogP contribution is 2.53. The molecule has 1 N–H and O–H groups in total. The maximum Gasteiger partial charge on any atom is 0.416 e. The van der Waals surface area contributed by atoms with Crippen LogP contribution in [-0.4, -0.2) is 18.8 Å². The Morgan fingerprint density at radius 3 is 2.71 bits per heavy atom. The van der Waals surface area contributed by atoms with Crippen LogP contribution in [0, 0.1) is 11.3 Å². The van der Waals surface area contributed by atoms with Crippen LogP contribution in [0.2, 0.25) is 5.02 Å². The Hall–Kier alpha value is -0.940.